The fourth-order valence-electron chi connectivity index (χ4n) is 4.22. The Balaban J connectivity index is 1.46. The molecule has 5 nitrogen and oxygen atoms in total. The number of fused-ring (bicyclic) bond motifs is 2. The van der Waals surface area contributed by atoms with Crippen molar-refractivity contribution >= 4 is 11.8 Å². The zero-order valence-corrected chi connectivity index (χ0v) is 16.3. The molecule has 0 unspecified atom stereocenters. The first-order valence-corrected chi connectivity index (χ1v) is 9.84. The Morgan fingerprint density at radius 1 is 1.21 bits per heavy atom. The van der Waals surface area contributed by atoms with Crippen LogP contribution in [0.1, 0.15) is 59.7 Å². The van der Waals surface area contributed by atoms with Gasteiger partial charge in [0.25, 0.3) is 0 Å². The van der Waals surface area contributed by atoms with E-state index in [0.717, 1.165) is 24.2 Å². The number of carbonyl (C=O) groups is 2. The number of hydrogen-bond donors (Lipinski definition) is 2. The van der Waals surface area contributed by atoms with Crippen molar-refractivity contribution < 1.29 is 14.3 Å². The SMILES string of the molecule is CC(C)c1ccc2c(c1)[C@]1(CCO2)C[C@H]1C(=O)NCc1ccc(C(N)=O)cc1. The highest BCUT2D eigenvalue weighted by Gasteiger charge is 2.61. The van der Waals surface area contributed by atoms with Gasteiger partial charge in [-0.3, -0.25) is 9.59 Å². The van der Waals surface area contributed by atoms with Gasteiger partial charge in [-0.25, -0.2) is 0 Å². The average Bonchev–Trinajstić information content (AvgIpc) is 3.41. The molecule has 1 aliphatic heterocycles. The van der Waals surface area contributed by atoms with Crippen LogP contribution in [0.4, 0.5) is 0 Å². The third-order valence-electron chi connectivity index (χ3n) is 6.11. The molecule has 2 aliphatic rings. The fraction of sp³-hybridized carbons (Fsp3) is 0.391. The van der Waals surface area contributed by atoms with E-state index in [9.17, 15) is 9.59 Å². The number of nitrogens with one attached hydrogen (secondary N) is 1. The Bertz CT molecular complexity index is 920. The lowest BCUT2D eigenvalue weighted by molar-refractivity contribution is -0.123. The van der Waals surface area contributed by atoms with Gasteiger partial charge >= 0.3 is 0 Å². The van der Waals surface area contributed by atoms with Crippen molar-refractivity contribution in [3.8, 4) is 5.75 Å². The maximum absolute atomic E-state index is 12.8. The third-order valence-corrected chi connectivity index (χ3v) is 6.11. The Hall–Kier alpha value is -2.82. The highest BCUT2D eigenvalue weighted by atomic mass is 16.5. The number of rotatable bonds is 5. The monoisotopic (exact) mass is 378 g/mol. The zero-order chi connectivity index (χ0) is 19.9. The van der Waals surface area contributed by atoms with Crippen LogP contribution in [0.3, 0.4) is 0 Å². The predicted molar refractivity (Wildman–Crippen MR) is 107 cm³/mol. The minimum absolute atomic E-state index is 0.0116. The molecule has 2 atom stereocenters. The average molecular weight is 378 g/mol. The van der Waals surface area contributed by atoms with Crippen LogP contribution >= 0.6 is 0 Å². The highest BCUT2D eigenvalue weighted by Crippen LogP contribution is 2.61. The highest BCUT2D eigenvalue weighted by molar-refractivity contribution is 5.92. The van der Waals surface area contributed by atoms with Crippen LogP contribution in [-0.4, -0.2) is 18.4 Å². The number of carbonyl (C=O) groups excluding carboxylic acids is 2. The topological polar surface area (TPSA) is 81.4 Å². The molecule has 4 rings (SSSR count). The molecule has 0 saturated heterocycles. The summed E-state index contributed by atoms with van der Waals surface area (Å²) in [6.45, 7) is 5.46. The van der Waals surface area contributed by atoms with Crippen molar-refractivity contribution in [1.82, 2.24) is 5.32 Å². The van der Waals surface area contributed by atoms with E-state index in [1.54, 1.807) is 12.1 Å². The molecule has 28 heavy (non-hydrogen) atoms. The Morgan fingerprint density at radius 3 is 2.64 bits per heavy atom. The maximum Gasteiger partial charge on any atom is 0.248 e. The van der Waals surface area contributed by atoms with E-state index in [4.69, 9.17) is 10.5 Å². The maximum atomic E-state index is 12.8. The molecule has 2 aromatic carbocycles. The van der Waals surface area contributed by atoms with E-state index >= 15 is 0 Å². The van der Waals surface area contributed by atoms with Crippen LogP contribution in [0.25, 0.3) is 0 Å². The summed E-state index contributed by atoms with van der Waals surface area (Å²) in [6, 6.07) is 13.4. The van der Waals surface area contributed by atoms with Crippen LogP contribution < -0.4 is 15.8 Å². The predicted octanol–water partition coefficient (Wildman–Crippen LogP) is 3.27. The fourth-order valence-corrected chi connectivity index (χ4v) is 4.22. The molecule has 2 aromatic rings. The van der Waals surface area contributed by atoms with Crippen molar-refractivity contribution in [2.24, 2.45) is 11.7 Å². The molecule has 1 fully saturated rings. The van der Waals surface area contributed by atoms with Crippen molar-refractivity contribution in [3.05, 3.63) is 64.7 Å². The summed E-state index contributed by atoms with van der Waals surface area (Å²) in [5.41, 5.74) is 9.07. The molecular weight excluding hydrogens is 352 g/mol. The van der Waals surface area contributed by atoms with E-state index in [0.29, 0.717) is 24.6 Å². The second kappa shape index (κ2) is 6.97. The summed E-state index contributed by atoms with van der Waals surface area (Å²) in [5.74, 6) is 0.991. The third kappa shape index (κ3) is 3.26. The molecule has 1 aliphatic carbocycles. The quantitative estimate of drug-likeness (QED) is 0.838. The molecular formula is C23H26N2O3. The van der Waals surface area contributed by atoms with E-state index < -0.39 is 5.91 Å². The summed E-state index contributed by atoms with van der Waals surface area (Å²) >= 11 is 0. The summed E-state index contributed by atoms with van der Waals surface area (Å²) in [6.07, 6.45) is 1.75. The normalized spacial score (nSPS) is 22.5. The van der Waals surface area contributed by atoms with Gasteiger partial charge < -0.3 is 15.8 Å². The second-order valence-corrected chi connectivity index (χ2v) is 8.20. The van der Waals surface area contributed by atoms with Crippen molar-refractivity contribution in [2.45, 2.75) is 44.6 Å². The molecule has 146 valence electrons. The number of hydrogen-bond acceptors (Lipinski definition) is 3. The molecule has 5 heteroatoms. The van der Waals surface area contributed by atoms with Crippen molar-refractivity contribution in [1.29, 1.82) is 0 Å². The lowest BCUT2D eigenvalue weighted by Crippen LogP contribution is -2.30. The van der Waals surface area contributed by atoms with Gasteiger partial charge in [-0.1, -0.05) is 38.1 Å². The van der Waals surface area contributed by atoms with Gasteiger partial charge in [0, 0.05) is 29.0 Å². The number of primary amides is 1. The number of benzene rings is 2. The van der Waals surface area contributed by atoms with Crippen LogP contribution in [0, 0.1) is 5.92 Å². The van der Waals surface area contributed by atoms with Crippen LogP contribution in [0.2, 0.25) is 0 Å². The van der Waals surface area contributed by atoms with Crippen molar-refractivity contribution in [2.75, 3.05) is 6.61 Å². The summed E-state index contributed by atoms with van der Waals surface area (Å²) < 4.78 is 5.85. The Morgan fingerprint density at radius 2 is 1.96 bits per heavy atom. The largest absolute Gasteiger partial charge is 0.493 e. The molecule has 0 aromatic heterocycles. The number of nitrogens with two attached hydrogens (primary N) is 1. The van der Waals surface area contributed by atoms with Gasteiger partial charge in [0.05, 0.1) is 6.61 Å². The lowest BCUT2D eigenvalue weighted by Gasteiger charge is -2.28. The zero-order valence-electron chi connectivity index (χ0n) is 16.3. The van der Waals surface area contributed by atoms with Gasteiger partial charge in [0.15, 0.2) is 0 Å². The molecule has 1 heterocycles. The summed E-state index contributed by atoms with van der Waals surface area (Å²) in [7, 11) is 0. The summed E-state index contributed by atoms with van der Waals surface area (Å²) in [4.78, 5) is 24.0. The molecule has 0 bridgehead atoms. The summed E-state index contributed by atoms with van der Waals surface area (Å²) in [5, 5.41) is 3.05. The first kappa shape index (κ1) is 18.5. The van der Waals surface area contributed by atoms with Crippen LogP contribution in [0.15, 0.2) is 42.5 Å². The van der Waals surface area contributed by atoms with Crippen LogP contribution in [0.5, 0.6) is 5.75 Å². The minimum atomic E-state index is -0.450. The van der Waals surface area contributed by atoms with Gasteiger partial charge in [0.1, 0.15) is 5.75 Å². The van der Waals surface area contributed by atoms with Gasteiger partial charge in [-0.05, 0) is 48.1 Å². The first-order valence-electron chi connectivity index (χ1n) is 9.84. The molecule has 3 N–H and O–H groups in total. The lowest BCUT2D eigenvalue weighted by atomic mass is 9.85. The van der Waals surface area contributed by atoms with Crippen molar-refractivity contribution in [3.63, 3.8) is 0 Å². The second-order valence-electron chi connectivity index (χ2n) is 8.20. The minimum Gasteiger partial charge on any atom is -0.493 e. The number of ether oxygens (including phenoxy) is 1. The van der Waals surface area contributed by atoms with E-state index in [1.807, 2.05) is 12.1 Å². The standard InChI is InChI=1S/C23H26N2O3/c1-14(2)17-7-8-20-18(11-17)23(9-10-28-20)12-19(23)22(27)25-13-15-3-5-16(6-4-15)21(24)26/h3-8,11,14,19H,9-10,12-13H2,1-2H3,(H2,24,26)(H,25,27)/t19-,23-/m0/s1. The van der Waals surface area contributed by atoms with E-state index in [1.165, 1.54) is 11.1 Å². The Labute approximate surface area is 165 Å². The molecule has 0 radical (unpaired) electrons. The van der Waals surface area contributed by atoms with Gasteiger partial charge in [-0.15, -0.1) is 0 Å². The van der Waals surface area contributed by atoms with Gasteiger partial charge in [0.2, 0.25) is 11.8 Å². The van der Waals surface area contributed by atoms with E-state index in [2.05, 4.69) is 37.4 Å². The Kier molecular flexibility index (Phi) is 4.61. The molecule has 1 saturated carbocycles. The number of amides is 2. The van der Waals surface area contributed by atoms with Gasteiger partial charge in [-0.2, -0.15) is 0 Å². The molecule has 2 amide bonds. The first-order chi connectivity index (χ1) is 13.4. The van der Waals surface area contributed by atoms with E-state index in [-0.39, 0.29) is 17.2 Å². The molecule has 1 spiro atoms. The van der Waals surface area contributed by atoms with Crippen LogP contribution in [-0.2, 0) is 16.8 Å². The smallest absolute Gasteiger partial charge is 0.248 e.